The van der Waals surface area contributed by atoms with Crippen LogP contribution in [0.4, 0.5) is 0 Å². The lowest BCUT2D eigenvalue weighted by atomic mass is 9.90. The zero-order valence-electron chi connectivity index (χ0n) is 19.5. The quantitative estimate of drug-likeness (QED) is 0.274. The molecule has 5 rings (SSSR count). The average Bonchev–Trinajstić information content (AvgIpc) is 3.28. The molecule has 34 heavy (non-hydrogen) atoms. The van der Waals surface area contributed by atoms with Crippen molar-refractivity contribution < 1.29 is 0 Å². The molecule has 0 fully saturated rings. The van der Waals surface area contributed by atoms with Gasteiger partial charge in [-0.3, -0.25) is 14.9 Å². The van der Waals surface area contributed by atoms with Crippen LogP contribution in [0.3, 0.4) is 0 Å². The van der Waals surface area contributed by atoms with E-state index < -0.39 is 0 Å². The lowest BCUT2D eigenvalue weighted by Gasteiger charge is -2.34. The number of aryl methyl sites for hydroxylation is 1. The van der Waals surface area contributed by atoms with Gasteiger partial charge in [-0.25, -0.2) is 4.98 Å². The van der Waals surface area contributed by atoms with Crippen molar-refractivity contribution in [1.29, 1.82) is 0 Å². The molecule has 1 aliphatic rings. The van der Waals surface area contributed by atoms with Crippen LogP contribution in [0.1, 0.15) is 54.5 Å². The number of aromatic amines is 1. The highest BCUT2D eigenvalue weighted by atomic mass is 79.9. The van der Waals surface area contributed by atoms with Gasteiger partial charge in [0.05, 0.1) is 35.0 Å². The molecule has 1 unspecified atom stereocenters. The highest BCUT2D eigenvalue weighted by Gasteiger charge is 2.27. The summed E-state index contributed by atoms with van der Waals surface area (Å²) < 4.78 is 0. The highest BCUT2D eigenvalue weighted by Crippen LogP contribution is 2.33. The van der Waals surface area contributed by atoms with Gasteiger partial charge in [0.2, 0.25) is 0 Å². The van der Waals surface area contributed by atoms with Crippen molar-refractivity contribution in [1.82, 2.24) is 30.2 Å². The Balaban J connectivity index is 0.00000274. The number of unbranched alkanes of at least 4 members (excludes halogenated alkanes) is 1. The Morgan fingerprint density at radius 1 is 0.971 bits per heavy atom. The summed E-state index contributed by atoms with van der Waals surface area (Å²) in [6.45, 7) is 3.66. The number of nitrogens with zero attached hydrogens (tertiary/aromatic N) is 4. The maximum Gasteiger partial charge on any atom is 0.121 e. The predicted octanol–water partition coefficient (Wildman–Crippen LogP) is 5.38. The summed E-state index contributed by atoms with van der Waals surface area (Å²) in [4.78, 5) is 20.2. The van der Waals surface area contributed by atoms with Crippen LogP contribution in [-0.2, 0) is 19.5 Å². The Morgan fingerprint density at radius 2 is 1.85 bits per heavy atom. The Labute approximate surface area is 212 Å². The van der Waals surface area contributed by atoms with Gasteiger partial charge in [0, 0.05) is 18.9 Å². The standard InChI is InChI=1S/C27H32N6.BrH/c1-2-13-24-23(12-1)31-26(32-24)20-33(25-14-7-9-21-10-8-17-30-27(21)25)18-6-5-15-28-19-22-11-3-4-16-29-22;/h1-4,8,10-13,16-17,25,28H,5-7,9,14-15,18-20H2,(H,31,32);1H. The van der Waals surface area contributed by atoms with Crippen LogP contribution in [-0.4, -0.2) is 37.9 Å². The maximum atomic E-state index is 4.86. The molecule has 0 saturated carbocycles. The van der Waals surface area contributed by atoms with E-state index in [1.54, 1.807) is 0 Å². The van der Waals surface area contributed by atoms with Crippen molar-refractivity contribution in [2.24, 2.45) is 0 Å². The van der Waals surface area contributed by atoms with Gasteiger partial charge in [-0.05, 0) is 81.1 Å². The molecular formula is C27H33BrN6. The number of nitrogens with one attached hydrogen (secondary N) is 2. The fourth-order valence-electron chi connectivity index (χ4n) is 4.84. The summed E-state index contributed by atoms with van der Waals surface area (Å²) in [5.74, 6) is 1.03. The van der Waals surface area contributed by atoms with Crippen LogP contribution in [0.5, 0.6) is 0 Å². The molecular weight excluding hydrogens is 488 g/mol. The van der Waals surface area contributed by atoms with Crippen LogP contribution < -0.4 is 5.32 Å². The van der Waals surface area contributed by atoms with E-state index in [1.807, 2.05) is 30.6 Å². The molecule has 3 heterocycles. The van der Waals surface area contributed by atoms with Crippen molar-refractivity contribution >= 4 is 28.0 Å². The lowest BCUT2D eigenvalue weighted by molar-refractivity contribution is 0.159. The molecule has 6 nitrogen and oxygen atoms in total. The van der Waals surface area contributed by atoms with Gasteiger partial charge < -0.3 is 10.3 Å². The molecule has 1 aromatic carbocycles. The first-order valence-electron chi connectivity index (χ1n) is 12.1. The first-order valence-corrected chi connectivity index (χ1v) is 12.1. The third-order valence-electron chi connectivity index (χ3n) is 6.48. The third-order valence-corrected chi connectivity index (χ3v) is 6.48. The Hall–Kier alpha value is -2.61. The second-order valence-electron chi connectivity index (χ2n) is 8.83. The first-order chi connectivity index (χ1) is 16.4. The number of imidazole rings is 1. The van der Waals surface area contributed by atoms with E-state index in [0.29, 0.717) is 6.04 Å². The fourth-order valence-corrected chi connectivity index (χ4v) is 4.84. The Morgan fingerprint density at radius 3 is 2.74 bits per heavy atom. The van der Waals surface area contributed by atoms with Gasteiger partial charge in [0.1, 0.15) is 5.82 Å². The van der Waals surface area contributed by atoms with Crippen LogP contribution in [0.15, 0.2) is 67.0 Å². The summed E-state index contributed by atoms with van der Waals surface area (Å²) in [7, 11) is 0. The van der Waals surface area contributed by atoms with Crippen LogP contribution >= 0.6 is 17.0 Å². The summed E-state index contributed by atoms with van der Waals surface area (Å²) in [5.41, 5.74) is 5.89. The minimum Gasteiger partial charge on any atom is -0.341 e. The summed E-state index contributed by atoms with van der Waals surface area (Å²) in [6, 6.07) is 19.0. The van der Waals surface area contributed by atoms with E-state index in [2.05, 4.69) is 56.6 Å². The van der Waals surface area contributed by atoms with Gasteiger partial charge in [-0.15, -0.1) is 17.0 Å². The molecule has 0 radical (unpaired) electrons. The summed E-state index contributed by atoms with van der Waals surface area (Å²) >= 11 is 0. The van der Waals surface area contributed by atoms with Gasteiger partial charge in [-0.2, -0.15) is 0 Å². The molecule has 2 N–H and O–H groups in total. The Bertz CT molecular complexity index is 1130. The minimum absolute atomic E-state index is 0. The van der Waals surface area contributed by atoms with E-state index in [9.17, 15) is 0 Å². The number of pyridine rings is 2. The number of para-hydroxylation sites is 2. The molecule has 0 spiro atoms. The lowest BCUT2D eigenvalue weighted by Crippen LogP contribution is -2.33. The SMILES string of the molecule is Br.c1ccc(CNCCCCN(Cc2nc3ccccc3[nH]2)C2CCCc3cccnc32)nc1. The second kappa shape index (κ2) is 12.2. The monoisotopic (exact) mass is 520 g/mol. The molecule has 1 aliphatic carbocycles. The highest BCUT2D eigenvalue weighted by molar-refractivity contribution is 8.93. The van der Waals surface area contributed by atoms with Gasteiger partial charge in [-0.1, -0.05) is 24.3 Å². The van der Waals surface area contributed by atoms with Crippen LogP contribution in [0.2, 0.25) is 0 Å². The third kappa shape index (κ3) is 6.09. The number of H-pyrrole nitrogens is 1. The molecule has 0 bridgehead atoms. The molecule has 178 valence electrons. The van der Waals surface area contributed by atoms with E-state index >= 15 is 0 Å². The number of hydrogen-bond donors (Lipinski definition) is 2. The zero-order valence-corrected chi connectivity index (χ0v) is 21.2. The number of fused-ring (bicyclic) bond motifs is 2. The van der Waals surface area contributed by atoms with Gasteiger partial charge in [0.25, 0.3) is 0 Å². The maximum absolute atomic E-state index is 4.86. The largest absolute Gasteiger partial charge is 0.341 e. The molecule has 4 aromatic rings. The van der Waals surface area contributed by atoms with Gasteiger partial charge >= 0.3 is 0 Å². The smallest absolute Gasteiger partial charge is 0.121 e. The number of rotatable bonds is 10. The molecule has 0 saturated heterocycles. The van der Waals surface area contributed by atoms with Crippen LogP contribution in [0.25, 0.3) is 11.0 Å². The van der Waals surface area contributed by atoms with Crippen molar-refractivity contribution in [2.45, 2.75) is 51.2 Å². The van der Waals surface area contributed by atoms with Gasteiger partial charge in [0.15, 0.2) is 0 Å². The topological polar surface area (TPSA) is 69.7 Å². The molecule has 7 heteroatoms. The van der Waals surface area contributed by atoms with Crippen molar-refractivity contribution in [3.63, 3.8) is 0 Å². The summed E-state index contributed by atoms with van der Waals surface area (Å²) in [6.07, 6.45) is 9.56. The van der Waals surface area contributed by atoms with E-state index in [0.717, 1.165) is 74.4 Å². The van der Waals surface area contributed by atoms with Crippen molar-refractivity contribution in [3.8, 4) is 0 Å². The number of hydrogen-bond acceptors (Lipinski definition) is 5. The molecule has 0 aliphatic heterocycles. The van der Waals surface area contributed by atoms with E-state index in [-0.39, 0.29) is 17.0 Å². The van der Waals surface area contributed by atoms with Crippen molar-refractivity contribution in [3.05, 3.63) is 89.8 Å². The minimum atomic E-state index is 0. The molecule has 3 aromatic heterocycles. The average molecular weight is 522 g/mol. The number of benzene rings is 1. The fraction of sp³-hybridized carbons (Fsp3) is 0.370. The van der Waals surface area contributed by atoms with Crippen LogP contribution in [0, 0.1) is 0 Å². The van der Waals surface area contributed by atoms with E-state index in [4.69, 9.17) is 9.97 Å². The predicted molar refractivity (Wildman–Crippen MR) is 142 cm³/mol. The molecule has 1 atom stereocenters. The number of aromatic nitrogens is 4. The normalized spacial score (nSPS) is 15.3. The van der Waals surface area contributed by atoms with Crippen molar-refractivity contribution in [2.75, 3.05) is 13.1 Å². The second-order valence-corrected chi connectivity index (χ2v) is 8.83. The summed E-state index contributed by atoms with van der Waals surface area (Å²) in [5, 5.41) is 3.53. The first kappa shape index (κ1) is 24.5. The number of halogens is 1. The van der Waals surface area contributed by atoms with E-state index in [1.165, 1.54) is 17.7 Å². The molecule has 0 amide bonds. The Kier molecular flexibility index (Phi) is 8.79. The zero-order chi connectivity index (χ0) is 22.3.